The Morgan fingerprint density at radius 1 is 1.04 bits per heavy atom. The summed E-state index contributed by atoms with van der Waals surface area (Å²) in [6.45, 7) is 6.78. The first-order valence-electron chi connectivity index (χ1n) is 7.99. The predicted molar refractivity (Wildman–Crippen MR) is 98.6 cm³/mol. The highest BCUT2D eigenvalue weighted by Crippen LogP contribution is 2.20. The lowest BCUT2D eigenvalue weighted by Gasteiger charge is -2.30. The second-order valence-electron chi connectivity index (χ2n) is 5.34. The molecule has 2 rings (SSSR count). The largest absolute Gasteiger partial charge is 0.350 e. The molecular formula is C19H23BrN2O. The molecule has 1 N–H and O–H groups in total. The third kappa shape index (κ3) is 4.66. The molecule has 1 atom stereocenters. The number of likely N-dealkylation sites (N-methyl/N-ethyl adjacent to an activating group) is 1. The standard InChI is InChI=1S/C19H23BrN2O/c1-3-22(4-2)18(15-10-6-5-7-11-15)14-21-19(23)16-12-8-9-13-17(16)20/h5-13,18H,3-4,14H2,1-2H3,(H,21,23)/t18-/m1/s1. The Hall–Kier alpha value is -1.65. The average molecular weight is 375 g/mol. The molecule has 4 heteroatoms. The first kappa shape index (κ1) is 17.7. The minimum absolute atomic E-state index is 0.0504. The van der Waals surface area contributed by atoms with Crippen molar-refractivity contribution in [2.45, 2.75) is 19.9 Å². The normalized spacial score (nSPS) is 12.2. The molecule has 0 saturated carbocycles. The van der Waals surface area contributed by atoms with Gasteiger partial charge >= 0.3 is 0 Å². The molecule has 23 heavy (non-hydrogen) atoms. The maximum atomic E-state index is 12.4. The number of nitrogens with one attached hydrogen (secondary N) is 1. The quantitative estimate of drug-likeness (QED) is 0.784. The molecule has 0 radical (unpaired) electrons. The fraction of sp³-hybridized carbons (Fsp3) is 0.316. The van der Waals surface area contributed by atoms with Crippen LogP contribution in [0.3, 0.4) is 0 Å². The summed E-state index contributed by atoms with van der Waals surface area (Å²) in [7, 11) is 0. The van der Waals surface area contributed by atoms with Gasteiger partial charge in [0.05, 0.1) is 11.6 Å². The van der Waals surface area contributed by atoms with Crippen LogP contribution >= 0.6 is 15.9 Å². The molecule has 0 aliphatic rings. The zero-order valence-electron chi connectivity index (χ0n) is 13.6. The fourth-order valence-electron chi connectivity index (χ4n) is 2.73. The fourth-order valence-corrected chi connectivity index (χ4v) is 3.19. The predicted octanol–water partition coefficient (Wildman–Crippen LogP) is 4.26. The summed E-state index contributed by atoms with van der Waals surface area (Å²) >= 11 is 3.43. The van der Waals surface area contributed by atoms with E-state index in [1.165, 1.54) is 5.56 Å². The van der Waals surface area contributed by atoms with E-state index in [-0.39, 0.29) is 11.9 Å². The smallest absolute Gasteiger partial charge is 0.252 e. The number of carbonyl (C=O) groups excluding carboxylic acids is 1. The van der Waals surface area contributed by atoms with E-state index in [0.29, 0.717) is 12.1 Å². The van der Waals surface area contributed by atoms with E-state index in [1.54, 1.807) is 0 Å². The van der Waals surface area contributed by atoms with Crippen molar-refractivity contribution in [2.24, 2.45) is 0 Å². The topological polar surface area (TPSA) is 32.3 Å². The Bertz CT molecular complexity index is 626. The molecule has 1 amide bonds. The summed E-state index contributed by atoms with van der Waals surface area (Å²) in [5, 5.41) is 3.08. The minimum atomic E-state index is -0.0504. The molecule has 0 unspecified atom stereocenters. The summed E-state index contributed by atoms with van der Waals surface area (Å²) in [6, 6.07) is 18.0. The number of amides is 1. The van der Waals surface area contributed by atoms with Gasteiger partial charge in [0.15, 0.2) is 0 Å². The Kier molecular flexibility index (Phi) is 6.81. The number of halogens is 1. The summed E-state index contributed by atoms with van der Waals surface area (Å²) in [4.78, 5) is 14.8. The van der Waals surface area contributed by atoms with Gasteiger partial charge < -0.3 is 5.32 Å². The Labute approximate surface area is 146 Å². The van der Waals surface area contributed by atoms with Crippen LogP contribution in [0, 0.1) is 0 Å². The van der Waals surface area contributed by atoms with Crippen molar-refractivity contribution in [3.05, 3.63) is 70.2 Å². The average Bonchev–Trinajstić information content (AvgIpc) is 2.59. The Morgan fingerprint density at radius 2 is 1.65 bits per heavy atom. The van der Waals surface area contributed by atoms with E-state index in [2.05, 4.69) is 52.1 Å². The van der Waals surface area contributed by atoms with E-state index in [1.807, 2.05) is 42.5 Å². The summed E-state index contributed by atoms with van der Waals surface area (Å²) in [5.74, 6) is -0.0504. The SMILES string of the molecule is CCN(CC)[C@H](CNC(=O)c1ccccc1Br)c1ccccc1. The molecule has 122 valence electrons. The third-order valence-corrected chi connectivity index (χ3v) is 4.70. The number of carbonyl (C=O) groups is 1. The molecular weight excluding hydrogens is 352 g/mol. The van der Waals surface area contributed by atoms with Crippen LogP contribution in [0.5, 0.6) is 0 Å². The van der Waals surface area contributed by atoms with Crippen molar-refractivity contribution in [3.8, 4) is 0 Å². The first-order valence-corrected chi connectivity index (χ1v) is 8.78. The molecule has 0 heterocycles. The molecule has 2 aromatic carbocycles. The van der Waals surface area contributed by atoms with Crippen LogP contribution in [0.4, 0.5) is 0 Å². The third-order valence-electron chi connectivity index (χ3n) is 4.01. The highest BCUT2D eigenvalue weighted by atomic mass is 79.9. The van der Waals surface area contributed by atoms with Crippen LogP contribution in [0.15, 0.2) is 59.1 Å². The zero-order chi connectivity index (χ0) is 16.7. The van der Waals surface area contributed by atoms with E-state index in [9.17, 15) is 4.79 Å². The van der Waals surface area contributed by atoms with Crippen molar-refractivity contribution in [1.82, 2.24) is 10.2 Å². The van der Waals surface area contributed by atoms with Gasteiger partial charge in [0.1, 0.15) is 0 Å². The molecule has 0 aromatic heterocycles. The second-order valence-corrected chi connectivity index (χ2v) is 6.19. The van der Waals surface area contributed by atoms with Crippen LogP contribution < -0.4 is 5.32 Å². The van der Waals surface area contributed by atoms with Crippen molar-refractivity contribution in [3.63, 3.8) is 0 Å². The second kappa shape index (κ2) is 8.85. The van der Waals surface area contributed by atoms with Crippen LogP contribution in [0.25, 0.3) is 0 Å². The molecule has 3 nitrogen and oxygen atoms in total. The van der Waals surface area contributed by atoms with Gasteiger partial charge in [0.2, 0.25) is 0 Å². The van der Waals surface area contributed by atoms with Gasteiger partial charge in [-0.3, -0.25) is 9.69 Å². The molecule has 2 aromatic rings. The van der Waals surface area contributed by atoms with Crippen molar-refractivity contribution < 1.29 is 4.79 Å². The lowest BCUT2D eigenvalue weighted by atomic mass is 10.0. The van der Waals surface area contributed by atoms with Gasteiger partial charge in [0.25, 0.3) is 5.91 Å². The Balaban J connectivity index is 2.12. The van der Waals surface area contributed by atoms with E-state index in [0.717, 1.165) is 17.6 Å². The van der Waals surface area contributed by atoms with Crippen LogP contribution in [0.2, 0.25) is 0 Å². The van der Waals surface area contributed by atoms with Crippen molar-refractivity contribution in [2.75, 3.05) is 19.6 Å². The van der Waals surface area contributed by atoms with Crippen LogP contribution in [0.1, 0.15) is 35.8 Å². The van der Waals surface area contributed by atoms with Gasteiger partial charge in [-0.05, 0) is 46.7 Å². The summed E-state index contributed by atoms with van der Waals surface area (Å²) in [5.41, 5.74) is 1.89. The monoisotopic (exact) mass is 374 g/mol. The van der Waals surface area contributed by atoms with Crippen LogP contribution in [-0.2, 0) is 0 Å². The number of hydrogen-bond donors (Lipinski definition) is 1. The van der Waals surface area contributed by atoms with Crippen molar-refractivity contribution >= 4 is 21.8 Å². The van der Waals surface area contributed by atoms with E-state index in [4.69, 9.17) is 0 Å². The highest BCUT2D eigenvalue weighted by Gasteiger charge is 2.19. The molecule has 0 saturated heterocycles. The first-order chi connectivity index (χ1) is 11.2. The molecule has 0 bridgehead atoms. The van der Waals surface area contributed by atoms with Crippen LogP contribution in [-0.4, -0.2) is 30.4 Å². The minimum Gasteiger partial charge on any atom is -0.350 e. The number of nitrogens with zero attached hydrogens (tertiary/aromatic N) is 1. The van der Waals surface area contributed by atoms with Gasteiger partial charge in [-0.15, -0.1) is 0 Å². The molecule has 0 aliphatic heterocycles. The molecule has 0 aliphatic carbocycles. The Morgan fingerprint density at radius 3 is 2.26 bits per heavy atom. The number of rotatable bonds is 7. The highest BCUT2D eigenvalue weighted by molar-refractivity contribution is 9.10. The van der Waals surface area contributed by atoms with Gasteiger partial charge in [-0.25, -0.2) is 0 Å². The van der Waals surface area contributed by atoms with Gasteiger partial charge in [-0.2, -0.15) is 0 Å². The van der Waals surface area contributed by atoms with Gasteiger partial charge in [-0.1, -0.05) is 56.3 Å². The molecule has 0 fully saturated rings. The lowest BCUT2D eigenvalue weighted by Crippen LogP contribution is -2.38. The van der Waals surface area contributed by atoms with Crippen molar-refractivity contribution in [1.29, 1.82) is 0 Å². The maximum Gasteiger partial charge on any atom is 0.252 e. The van der Waals surface area contributed by atoms with Gasteiger partial charge in [0, 0.05) is 11.0 Å². The summed E-state index contributed by atoms with van der Waals surface area (Å²) < 4.78 is 0.816. The maximum absolute atomic E-state index is 12.4. The number of benzene rings is 2. The zero-order valence-corrected chi connectivity index (χ0v) is 15.2. The lowest BCUT2D eigenvalue weighted by molar-refractivity contribution is 0.0934. The summed E-state index contributed by atoms with van der Waals surface area (Å²) in [6.07, 6.45) is 0. The van der Waals surface area contributed by atoms with E-state index < -0.39 is 0 Å². The van der Waals surface area contributed by atoms with E-state index >= 15 is 0 Å². The molecule has 0 spiro atoms. The number of hydrogen-bond acceptors (Lipinski definition) is 2.